The number of amides is 4. The van der Waals surface area contributed by atoms with E-state index in [2.05, 4.69) is 67.1 Å². The minimum atomic E-state index is -0.917. The molecule has 1 unspecified atom stereocenters. The largest absolute Gasteiger partial charge is 0.488 e. The SMILES string of the molecule is CCC.CCCN(Cc1ncc(-c2ccc3c(c2)COc2cc4c(ccc5[nH]c(CN(C(=O)CNC(=O)OC)[C@@H](C)CC)nc54)cc2-3)[nH]1)C(=O)C(NC(=O)OC)c1ccccc1.COC. The van der Waals surface area contributed by atoms with Gasteiger partial charge in [-0.15, -0.1) is 0 Å². The highest BCUT2D eigenvalue weighted by molar-refractivity contribution is 6.07. The van der Waals surface area contributed by atoms with E-state index >= 15 is 0 Å². The number of imidazole rings is 2. The molecular weight excluding hydrogens is 829 g/mol. The van der Waals surface area contributed by atoms with Crippen molar-refractivity contribution in [3.63, 3.8) is 0 Å². The van der Waals surface area contributed by atoms with Gasteiger partial charge in [0.25, 0.3) is 0 Å². The van der Waals surface area contributed by atoms with Crippen LogP contribution < -0.4 is 15.4 Å². The summed E-state index contributed by atoms with van der Waals surface area (Å²) in [6.07, 6.45) is 3.11. The molecule has 4 N–H and O–H groups in total. The van der Waals surface area contributed by atoms with Gasteiger partial charge < -0.3 is 49.3 Å². The molecule has 346 valence electrons. The van der Waals surface area contributed by atoms with Crippen LogP contribution in [0.4, 0.5) is 9.59 Å². The van der Waals surface area contributed by atoms with E-state index in [0.29, 0.717) is 36.8 Å². The van der Waals surface area contributed by atoms with Crippen LogP contribution in [-0.4, -0.2) is 101 Å². The van der Waals surface area contributed by atoms with Gasteiger partial charge in [-0.2, -0.15) is 0 Å². The molecule has 0 radical (unpaired) electrons. The van der Waals surface area contributed by atoms with Gasteiger partial charge in [0, 0.05) is 37.8 Å². The number of methoxy groups -OCH3 is 3. The van der Waals surface area contributed by atoms with Gasteiger partial charge >= 0.3 is 12.2 Å². The highest BCUT2D eigenvalue weighted by Crippen LogP contribution is 2.42. The Morgan fingerprint density at radius 3 is 2.25 bits per heavy atom. The average molecular weight is 891 g/mol. The average Bonchev–Trinajstić information content (AvgIpc) is 3.98. The van der Waals surface area contributed by atoms with Gasteiger partial charge in [-0.1, -0.05) is 82.6 Å². The number of nitrogens with one attached hydrogen (secondary N) is 4. The molecule has 4 aromatic carbocycles. The quantitative estimate of drug-likeness (QED) is 0.0823. The third kappa shape index (κ3) is 12.2. The standard InChI is InChI=1S/C44H48N8O7.C3H8.C2H6O/c1-6-17-51(42(54)40(50-44(56)58-5)27-11-9-8-10-12-27)23-37-45-21-35(48-37)29-13-15-31-30(18-29)25-59-36-20-32-28(19-33(31)36)14-16-34-41(32)49-38(47-34)24-52(26(3)7-2)39(53)22-46-43(55)57-4;2*1-3-2/h8-16,18-21,26,40H,6-7,17,22-25H2,1-5H3,(H,45,48)(H,46,55)(H,47,49)(H,50,56);3H2,1-2H3;1-2H3/t26-,40?;;/m0../s1. The minimum Gasteiger partial charge on any atom is -0.488 e. The number of rotatable bonds is 14. The summed E-state index contributed by atoms with van der Waals surface area (Å²) >= 11 is 0. The maximum atomic E-state index is 13.9. The monoisotopic (exact) mass is 890 g/mol. The summed E-state index contributed by atoms with van der Waals surface area (Å²) in [5.74, 6) is 1.49. The molecule has 4 amide bonds. The van der Waals surface area contributed by atoms with E-state index in [1.807, 2.05) is 63.2 Å². The van der Waals surface area contributed by atoms with Gasteiger partial charge in [0.05, 0.1) is 50.2 Å². The van der Waals surface area contributed by atoms with Crippen LogP contribution >= 0.6 is 0 Å². The number of carbonyl (C=O) groups is 4. The smallest absolute Gasteiger partial charge is 0.407 e. The van der Waals surface area contributed by atoms with Crippen LogP contribution in [0, 0.1) is 0 Å². The number of aromatic amines is 2. The van der Waals surface area contributed by atoms with E-state index in [0.717, 1.165) is 61.9 Å². The van der Waals surface area contributed by atoms with E-state index in [-0.39, 0.29) is 37.5 Å². The molecule has 16 heteroatoms. The fourth-order valence-electron chi connectivity index (χ4n) is 7.37. The first-order valence-corrected chi connectivity index (χ1v) is 21.9. The van der Waals surface area contributed by atoms with E-state index in [1.54, 1.807) is 42.3 Å². The lowest BCUT2D eigenvalue weighted by Gasteiger charge is -2.27. The number of nitrogens with zero attached hydrogens (tertiary/aromatic N) is 4. The number of alkyl carbamates (subject to hydrolysis) is 2. The van der Waals surface area contributed by atoms with Crippen LogP contribution in [0.15, 0.2) is 79.0 Å². The predicted octanol–water partition coefficient (Wildman–Crippen LogP) is 8.66. The topological polar surface area (TPSA) is 193 Å². The fraction of sp³-hybridized carbons (Fsp3) is 0.388. The third-order valence-corrected chi connectivity index (χ3v) is 10.6. The van der Waals surface area contributed by atoms with Gasteiger partial charge in [-0.05, 0) is 71.7 Å². The second kappa shape index (κ2) is 23.7. The lowest BCUT2D eigenvalue weighted by atomic mass is 9.92. The first-order valence-electron chi connectivity index (χ1n) is 21.9. The normalized spacial score (nSPS) is 12.1. The van der Waals surface area contributed by atoms with Crippen LogP contribution in [0.1, 0.15) is 82.7 Å². The first-order chi connectivity index (χ1) is 31.4. The Morgan fingerprint density at radius 2 is 1.57 bits per heavy atom. The molecule has 0 spiro atoms. The summed E-state index contributed by atoms with van der Waals surface area (Å²) in [6.45, 7) is 11.3. The molecule has 1 aliphatic rings. The Morgan fingerprint density at radius 1 is 0.846 bits per heavy atom. The van der Waals surface area contributed by atoms with Crippen molar-refractivity contribution in [2.24, 2.45) is 0 Å². The number of fused-ring (bicyclic) bond motifs is 6. The van der Waals surface area contributed by atoms with Gasteiger partial charge in [0.1, 0.15) is 36.6 Å². The Bertz CT molecular complexity index is 2540. The van der Waals surface area contributed by atoms with E-state index in [9.17, 15) is 19.2 Å². The number of hydrogen-bond acceptors (Lipinski definition) is 10. The number of hydrogen-bond donors (Lipinski definition) is 4. The Balaban J connectivity index is 0.00000125. The summed E-state index contributed by atoms with van der Waals surface area (Å²) < 4.78 is 20.1. The van der Waals surface area contributed by atoms with Crippen molar-refractivity contribution in [1.29, 1.82) is 0 Å². The van der Waals surface area contributed by atoms with Gasteiger partial charge in [0.2, 0.25) is 11.8 Å². The Kier molecular flexibility index (Phi) is 17.9. The van der Waals surface area contributed by atoms with Crippen molar-refractivity contribution in [2.45, 2.75) is 85.7 Å². The van der Waals surface area contributed by atoms with Crippen molar-refractivity contribution in [1.82, 2.24) is 40.4 Å². The summed E-state index contributed by atoms with van der Waals surface area (Å²) in [6, 6.07) is 22.5. The van der Waals surface area contributed by atoms with Crippen molar-refractivity contribution >= 4 is 45.8 Å². The minimum absolute atomic E-state index is 0.0773. The molecule has 1 aliphatic heterocycles. The molecule has 6 aromatic rings. The molecule has 2 aromatic heterocycles. The molecule has 3 heterocycles. The third-order valence-electron chi connectivity index (χ3n) is 10.6. The number of benzene rings is 4. The zero-order chi connectivity index (χ0) is 47.0. The van der Waals surface area contributed by atoms with Crippen molar-refractivity contribution in [3.8, 4) is 28.1 Å². The second-order valence-corrected chi connectivity index (χ2v) is 15.6. The predicted molar refractivity (Wildman–Crippen MR) is 251 cm³/mol. The molecule has 0 saturated carbocycles. The van der Waals surface area contributed by atoms with Crippen molar-refractivity contribution < 1.29 is 38.1 Å². The van der Waals surface area contributed by atoms with Gasteiger partial charge in [0.15, 0.2) is 0 Å². The number of H-pyrrole nitrogens is 2. The first kappa shape index (κ1) is 49.1. The van der Waals surface area contributed by atoms with Crippen LogP contribution in [0.2, 0.25) is 0 Å². The molecule has 0 fully saturated rings. The summed E-state index contributed by atoms with van der Waals surface area (Å²) in [5.41, 5.74) is 7.05. The van der Waals surface area contributed by atoms with Crippen LogP contribution in [0.3, 0.4) is 0 Å². The van der Waals surface area contributed by atoms with Crippen LogP contribution in [-0.2, 0) is 43.5 Å². The van der Waals surface area contributed by atoms with E-state index < -0.39 is 18.2 Å². The number of aromatic nitrogens is 4. The maximum Gasteiger partial charge on any atom is 0.407 e. The zero-order valence-electron chi connectivity index (χ0n) is 38.9. The van der Waals surface area contributed by atoms with Crippen molar-refractivity contribution in [2.75, 3.05) is 41.5 Å². The highest BCUT2D eigenvalue weighted by atomic mass is 16.5. The number of carbonyl (C=O) groups excluding carboxylic acids is 4. The Labute approximate surface area is 380 Å². The van der Waals surface area contributed by atoms with Crippen LogP contribution in [0.25, 0.3) is 44.2 Å². The zero-order valence-corrected chi connectivity index (χ0v) is 38.9. The van der Waals surface area contributed by atoms with E-state index in [4.69, 9.17) is 14.5 Å². The molecule has 7 rings (SSSR count). The summed E-state index contributed by atoms with van der Waals surface area (Å²) in [7, 11) is 5.78. The molecule has 0 saturated heterocycles. The van der Waals surface area contributed by atoms with E-state index in [1.165, 1.54) is 20.6 Å². The highest BCUT2D eigenvalue weighted by Gasteiger charge is 2.29. The molecule has 2 atom stereocenters. The van der Waals surface area contributed by atoms with Gasteiger partial charge in [-0.25, -0.2) is 19.6 Å². The van der Waals surface area contributed by atoms with Crippen molar-refractivity contribution in [3.05, 3.63) is 102 Å². The molecule has 65 heavy (non-hydrogen) atoms. The molecule has 0 aliphatic carbocycles. The summed E-state index contributed by atoms with van der Waals surface area (Å²) in [4.78, 5) is 70.6. The summed E-state index contributed by atoms with van der Waals surface area (Å²) in [5, 5.41) is 7.09. The lowest BCUT2D eigenvalue weighted by molar-refractivity contribution is -0.134. The molecule has 16 nitrogen and oxygen atoms in total. The second-order valence-electron chi connectivity index (χ2n) is 15.6. The van der Waals surface area contributed by atoms with Crippen LogP contribution in [0.5, 0.6) is 5.75 Å². The molecular formula is C49H62N8O8. The van der Waals surface area contributed by atoms with Gasteiger partial charge in [-0.3, -0.25) is 9.59 Å². The lowest BCUT2D eigenvalue weighted by Crippen LogP contribution is -2.44. The maximum absolute atomic E-state index is 13.9. The Hall–Kier alpha value is -6.94. The molecule has 0 bridgehead atoms. The fourth-order valence-corrected chi connectivity index (χ4v) is 7.37. The number of ether oxygens (including phenoxy) is 4.